The number of nitrogens with one attached hydrogen (secondary N) is 1. The van der Waals surface area contributed by atoms with Gasteiger partial charge in [-0.3, -0.25) is 14.5 Å². The van der Waals surface area contributed by atoms with Crippen molar-refractivity contribution in [1.82, 2.24) is 34.6 Å². The summed E-state index contributed by atoms with van der Waals surface area (Å²) < 4.78 is 7.98. The fraction of sp³-hybridized carbons (Fsp3) is 0.531. The molecule has 344 valence electrons. The molecular formula is C49H68N10O5. The highest BCUT2D eigenvalue weighted by molar-refractivity contribution is 5.85. The summed E-state index contributed by atoms with van der Waals surface area (Å²) in [7, 11) is 7.09. The maximum absolute atomic E-state index is 11.7. The largest absolute Gasteiger partial charge is 0.492 e. The minimum atomic E-state index is -0.378. The van der Waals surface area contributed by atoms with Gasteiger partial charge in [-0.25, -0.2) is 9.50 Å². The third-order valence-corrected chi connectivity index (χ3v) is 12.8. The zero-order chi connectivity index (χ0) is 45.8. The number of rotatable bonds is 17. The molecule has 3 fully saturated rings. The average molecular weight is 877 g/mol. The molecule has 0 spiro atoms. The molecule has 0 saturated carbocycles. The molecule has 15 heteroatoms. The number of benzene rings is 1. The van der Waals surface area contributed by atoms with Gasteiger partial charge >= 0.3 is 0 Å². The van der Waals surface area contributed by atoms with E-state index < -0.39 is 0 Å². The summed E-state index contributed by atoms with van der Waals surface area (Å²) >= 11 is 0. The molecule has 15 nitrogen and oxygen atoms in total. The van der Waals surface area contributed by atoms with Crippen LogP contribution in [0.4, 0.5) is 5.82 Å². The van der Waals surface area contributed by atoms with Crippen LogP contribution in [-0.2, 0) is 20.9 Å². The Morgan fingerprint density at radius 2 is 1.75 bits per heavy atom. The molecule has 4 aromatic rings. The fourth-order valence-corrected chi connectivity index (χ4v) is 8.80. The molecule has 6 heterocycles. The van der Waals surface area contributed by atoms with E-state index in [-0.39, 0.29) is 18.4 Å². The van der Waals surface area contributed by atoms with Crippen LogP contribution in [0.2, 0.25) is 0 Å². The molecule has 3 saturated heterocycles. The second kappa shape index (κ2) is 25.7. The Bertz CT molecular complexity index is 2130. The predicted octanol–water partition coefficient (Wildman–Crippen LogP) is 5.35. The Balaban J connectivity index is 0.000000233. The van der Waals surface area contributed by atoms with Gasteiger partial charge in [0.05, 0.1) is 36.1 Å². The third-order valence-electron chi connectivity index (χ3n) is 12.8. The van der Waals surface area contributed by atoms with Crippen LogP contribution in [0.15, 0.2) is 55.0 Å². The number of likely N-dealkylation sites (tertiary alicyclic amines) is 2. The van der Waals surface area contributed by atoms with Crippen molar-refractivity contribution in [1.29, 1.82) is 5.26 Å². The van der Waals surface area contributed by atoms with Crippen LogP contribution in [-0.4, -0.2) is 141 Å². The van der Waals surface area contributed by atoms with E-state index in [2.05, 4.69) is 62.2 Å². The van der Waals surface area contributed by atoms with Gasteiger partial charge in [-0.2, -0.15) is 10.4 Å². The van der Waals surface area contributed by atoms with Crippen molar-refractivity contribution in [2.75, 3.05) is 85.5 Å². The topological polar surface area (TPSA) is 182 Å². The van der Waals surface area contributed by atoms with Crippen LogP contribution in [0.3, 0.4) is 0 Å². The van der Waals surface area contributed by atoms with Gasteiger partial charge in [0.1, 0.15) is 36.5 Å². The molecule has 1 amide bonds. The summed E-state index contributed by atoms with van der Waals surface area (Å²) in [4.78, 5) is 58.9. The molecule has 0 bridgehead atoms. The fourth-order valence-electron chi connectivity index (χ4n) is 8.80. The lowest BCUT2D eigenvalue weighted by Gasteiger charge is -2.32. The Morgan fingerprint density at radius 3 is 2.39 bits per heavy atom. The van der Waals surface area contributed by atoms with Crippen LogP contribution >= 0.6 is 0 Å². The number of hydrogen-bond acceptors (Lipinski definition) is 13. The van der Waals surface area contributed by atoms with Gasteiger partial charge < -0.3 is 40.1 Å². The Hall–Kier alpha value is -5.53. The molecular weight excluding hydrogens is 809 g/mol. The Kier molecular flexibility index (Phi) is 19.9. The number of anilines is 1. The highest BCUT2D eigenvalue weighted by atomic mass is 16.5. The van der Waals surface area contributed by atoms with E-state index in [1.807, 2.05) is 42.5 Å². The number of piperidine rings is 3. The van der Waals surface area contributed by atoms with Crippen molar-refractivity contribution in [2.24, 2.45) is 11.7 Å². The molecule has 3 aromatic heterocycles. The van der Waals surface area contributed by atoms with E-state index in [9.17, 15) is 24.4 Å². The zero-order valence-corrected chi connectivity index (χ0v) is 38.3. The molecule has 1 unspecified atom stereocenters. The van der Waals surface area contributed by atoms with Crippen molar-refractivity contribution < 1.29 is 23.9 Å². The Labute approximate surface area is 378 Å². The maximum Gasteiger partial charge on any atom is 0.219 e. The number of likely N-dealkylation sites (N-methyl/N-ethyl adjacent to an activating group) is 1. The first-order chi connectivity index (χ1) is 31.2. The number of nitriles is 1. The number of fused-ring (bicyclic) bond motifs is 1. The first-order valence-electron chi connectivity index (χ1n) is 22.9. The lowest BCUT2D eigenvalue weighted by molar-refractivity contribution is -0.121. The van der Waals surface area contributed by atoms with E-state index in [0.717, 1.165) is 124 Å². The summed E-state index contributed by atoms with van der Waals surface area (Å²) in [5, 5.41) is 16.6. The monoisotopic (exact) mass is 877 g/mol. The summed E-state index contributed by atoms with van der Waals surface area (Å²) in [6.07, 6.45) is 17.5. The molecule has 0 radical (unpaired) electrons. The van der Waals surface area contributed by atoms with Gasteiger partial charge in [0.2, 0.25) is 5.91 Å². The average Bonchev–Trinajstić information content (AvgIpc) is 3.77. The SMILES string of the molecule is CN.CN1CCC(COc2cc(-c3ccc(N4CCCCC4)nc3)c3c(C#N)cnn3c2)CC1.CNC(=O)CCC(C=O)N(C)Cc1ccc(C2CCN(CCC=O)CC2)cc1C=O. The molecule has 64 heavy (non-hydrogen) atoms. The number of amides is 1. The number of ether oxygens (including phenoxy) is 1. The number of nitrogens with two attached hydrogens (primary N) is 1. The van der Waals surface area contributed by atoms with Crippen molar-refractivity contribution in [3.05, 3.63) is 77.2 Å². The zero-order valence-electron chi connectivity index (χ0n) is 38.3. The number of nitrogens with zero attached hydrogens (tertiary/aromatic N) is 8. The number of hydrogen-bond donors (Lipinski definition) is 2. The first-order valence-corrected chi connectivity index (χ1v) is 22.9. The highest BCUT2D eigenvalue weighted by Gasteiger charge is 2.23. The second-order valence-corrected chi connectivity index (χ2v) is 17.0. The van der Waals surface area contributed by atoms with Gasteiger partial charge in [-0.1, -0.05) is 12.1 Å². The highest BCUT2D eigenvalue weighted by Crippen LogP contribution is 2.33. The van der Waals surface area contributed by atoms with E-state index in [1.54, 1.807) is 17.8 Å². The van der Waals surface area contributed by atoms with Gasteiger partial charge in [0.25, 0.3) is 0 Å². The maximum atomic E-state index is 11.7. The lowest BCUT2D eigenvalue weighted by Crippen LogP contribution is -2.34. The summed E-state index contributed by atoms with van der Waals surface area (Å²) in [6, 6.07) is 14.2. The molecule has 1 aromatic carbocycles. The standard InChI is InChI=1S/C25H30N6O.C23H33N3O4.CH5N/c1-29-11-7-19(8-12-29)18-32-22-13-23(25-21(14-26)16-28-31(25)17-22)20-5-6-24(27-15-20)30-9-3-2-4-10-30;1-24-23(30)7-6-22(17-29)25(2)15-20-5-4-19(14-21(20)16-28)18-8-11-26(12-9-18)10-3-13-27;1-2/h5-6,13,15-17,19H,2-4,7-12,18H2,1H3;4-5,13-14,16-18,22H,3,6-12,15H2,1-2H3,(H,24,30);2H2,1H3. The van der Waals surface area contributed by atoms with Gasteiger partial charge in [-0.05, 0) is 146 Å². The minimum Gasteiger partial charge on any atom is -0.492 e. The smallest absolute Gasteiger partial charge is 0.219 e. The first kappa shape index (κ1) is 49.5. The normalized spacial score (nSPS) is 16.7. The Morgan fingerprint density at radius 1 is 1.00 bits per heavy atom. The number of pyridine rings is 2. The molecule has 0 aliphatic carbocycles. The predicted molar refractivity (Wildman–Crippen MR) is 251 cm³/mol. The van der Waals surface area contributed by atoms with E-state index in [1.165, 1.54) is 31.9 Å². The molecule has 3 aliphatic heterocycles. The van der Waals surface area contributed by atoms with Crippen LogP contribution in [0.5, 0.6) is 5.75 Å². The lowest BCUT2D eigenvalue weighted by atomic mass is 9.87. The van der Waals surface area contributed by atoms with Crippen LogP contribution in [0.1, 0.15) is 97.2 Å². The van der Waals surface area contributed by atoms with Gasteiger partial charge in [-0.15, -0.1) is 0 Å². The number of carbonyl (C=O) groups excluding carboxylic acids is 4. The van der Waals surface area contributed by atoms with E-state index >= 15 is 0 Å². The van der Waals surface area contributed by atoms with E-state index in [0.29, 0.717) is 49.0 Å². The van der Waals surface area contributed by atoms with Gasteiger partial charge in [0.15, 0.2) is 0 Å². The van der Waals surface area contributed by atoms with Crippen LogP contribution < -0.4 is 20.7 Å². The van der Waals surface area contributed by atoms with Crippen molar-refractivity contribution in [2.45, 2.75) is 82.7 Å². The number of aldehydes is 3. The molecule has 7 rings (SSSR count). The second-order valence-electron chi connectivity index (χ2n) is 17.0. The summed E-state index contributed by atoms with van der Waals surface area (Å²) in [5.74, 6) is 2.69. The molecule has 3 N–H and O–H groups in total. The third kappa shape index (κ3) is 13.7. The number of aromatic nitrogens is 3. The van der Waals surface area contributed by atoms with Crippen molar-refractivity contribution in [3.8, 4) is 22.9 Å². The van der Waals surface area contributed by atoms with Gasteiger partial charge in [0, 0.05) is 69.0 Å². The summed E-state index contributed by atoms with van der Waals surface area (Å²) in [6.45, 7) is 8.30. The number of carbonyl (C=O) groups is 4. The minimum absolute atomic E-state index is 0.0922. The molecule has 1 atom stereocenters. The van der Waals surface area contributed by atoms with E-state index in [4.69, 9.17) is 9.72 Å². The summed E-state index contributed by atoms with van der Waals surface area (Å²) in [5.41, 5.74) is 10.5. The van der Waals surface area contributed by atoms with Crippen LogP contribution in [0.25, 0.3) is 16.6 Å². The quantitative estimate of drug-likeness (QED) is 0.130. The van der Waals surface area contributed by atoms with Crippen molar-refractivity contribution in [3.63, 3.8) is 0 Å². The van der Waals surface area contributed by atoms with Crippen molar-refractivity contribution >= 4 is 36.1 Å². The molecule has 3 aliphatic rings. The van der Waals surface area contributed by atoms with Crippen LogP contribution in [0, 0.1) is 17.2 Å².